The molecule has 0 aromatic heterocycles. The number of hydrogen-bond donors (Lipinski definition) is 2. The Morgan fingerprint density at radius 3 is 2.91 bits per heavy atom. The van der Waals surface area contributed by atoms with E-state index in [4.69, 9.17) is 5.73 Å². The van der Waals surface area contributed by atoms with Crippen LogP contribution >= 0.6 is 21.2 Å². The van der Waals surface area contributed by atoms with E-state index in [0.29, 0.717) is 5.92 Å². The molecule has 0 aliphatic heterocycles. The van der Waals surface area contributed by atoms with E-state index in [1.165, 1.54) is 0 Å². The summed E-state index contributed by atoms with van der Waals surface area (Å²) in [5.41, 5.74) is 5.53. The summed E-state index contributed by atoms with van der Waals surface area (Å²) in [4.78, 5) is 0. The molecule has 0 amide bonds. The fourth-order valence-corrected chi connectivity index (χ4v) is 1.60. The molecule has 1 atom stereocenters. The third-order valence-electron chi connectivity index (χ3n) is 1.50. The quantitative estimate of drug-likeness (QED) is 0.221. The van der Waals surface area contributed by atoms with E-state index >= 15 is 0 Å². The molecule has 0 saturated carbocycles. The van der Waals surface area contributed by atoms with Crippen molar-refractivity contribution < 1.29 is 0 Å². The van der Waals surface area contributed by atoms with Gasteiger partial charge in [0.25, 0.3) is 0 Å². The van der Waals surface area contributed by atoms with E-state index in [0.717, 1.165) is 29.1 Å². The van der Waals surface area contributed by atoms with Gasteiger partial charge in [-0.2, -0.15) is 0 Å². The summed E-state index contributed by atoms with van der Waals surface area (Å²) in [6.07, 6.45) is 5.53. The summed E-state index contributed by atoms with van der Waals surface area (Å²) in [5, 5.41) is 0. The van der Waals surface area contributed by atoms with Crippen LogP contribution in [-0.4, -0.2) is 18.2 Å². The van der Waals surface area contributed by atoms with Gasteiger partial charge in [0.1, 0.15) is 0 Å². The molecule has 0 aliphatic rings. The zero-order chi connectivity index (χ0) is 8.53. The van der Waals surface area contributed by atoms with Crippen LogP contribution in [0.25, 0.3) is 0 Å². The summed E-state index contributed by atoms with van der Waals surface area (Å²) in [5.74, 6) is 5.34. The molecule has 0 aromatic carbocycles. The predicted molar refractivity (Wildman–Crippen MR) is 60.5 cm³/mol. The lowest BCUT2D eigenvalue weighted by molar-refractivity contribution is 0.639. The molecular weight excluding hydrogens is 174 g/mol. The Labute approximate surface area is 76.8 Å². The molecular formula is C8H17NS2. The smallest absolute Gasteiger partial charge is 0.0210 e. The van der Waals surface area contributed by atoms with Crippen molar-refractivity contribution in [3.63, 3.8) is 0 Å². The molecule has 0 radical (unpaired) electrons. The molecule has 11 heavy (non-hydrogen) atoms. The minimum Gasteiger partial charge on any atom is -0.330 e. The van der Waals surface area contributed by atoms with Gasteiger partial charge >= 0.3 is 0 Å². The maximum absolute atomic E-state index is 5.53. The Morgan fingerprint density at radius 2 is 2.45 bits per heavy atom. The van der Waals surface area contributed by atoms with Gasteiger partial charge in [-0.3, -0.25) is 0 Å². The highest BCUT2D eigenvalue weighted by molar-refractivity contribution is 8.74. The van der Waals surface area contributed by atoms with Crippen molar-refractivity contribution in [1.82, 2.24) is 0 Å². The molecule has 66 valence electrons. The largest absolute Gasteiger partial charge is 0.330 e. The van der Waals surface area contributed by atoms with Crippen molar-refractivity contribution in [3.05, 3.63) is 12.2 Å². The number of thiol groups is 1. The van der Waals surface area contributed by atoms with Crippen LogP contribution in [0.5, 0.6) is 0 Å². The average molecular weight is 191 g/mol. The number of hydrogen-bond acceptors (Lipinski definition) is 2. The highest BCUT2D eigenvalue weighted by atomic mass is 33.1. The van der Waals surface area contributed by atoms with Crippen molar-refractivity contribution in [2.24, 2.45) is 11.7 Å². The molecule has 2 N–H and O–H groups in total. The SMILES string of the molecule is C=[SH]SC/C=C/[C@@H](CC)CN. The molecule has 0 aliphatic carbocycles. The van der Waals surface area contributed by atoms with Crippen LogP contribution in [0, 0.1) is 5.92 Å². The van der Waals surface area contributed by atoms with Gasteiger partial charge in [-0.25, -0.2) is 0 Å². The second-order valence-corrected chi connectivity index (χ2v) is 4.66. The Bertz CT molecular complexity index is 119. The molecule has 0 heterocycles. The van der Waals surface area contributed by atoms with E-state index in [1.54, 1.807) is 10.8 Å². The molecule has 0 unspecified atom stereocenters. The predicted octanol–water partition coefficient (Wildman–Crippen LogP) is 2.07. The first-order valence-electron chi connectivity index (χ1n) is 3.79. The third kappa shape index (κ3) is 6.66. The minimum absolute atomic E-state index is 0.567. The lowest BCUT2D eigenvalue weighted by atomic mass is 10.1. The molecule has 1 nitrogen and oxygen atoms in total. The number of nitrogens with two attached hydrogens (primary N) is 1. The van der Waals surface area contributed by atoms with Crippen molar-refractivity contribution in [3.8, 4) is 0 Å². The number of rotatable bonds is 6. The van der Waals surface area contributed by atoms with Gasteiger partial charge in [0.05, 0.1) is 0 Å². The van der Waals surface area contributed by atoms with Crippen LogP contribution in [-0.2, 0) is 0 Å². The average Bonchev–Trinajstić information content (AvgIpc) is 2.05. The van der Waals surface area contributed by atoms with Gasteiger partial charge in [0.15, 0.2) is 0 Å². The molecule has 0 fully saturated rings. The fourth-order valence-electron chi connectivity index (χ4n) is 0.725. The van der Waals surface area contributed by atoms with Gasteiger partial charge < -0.3 is 5.73 Å². The highest BCUT2D eigenvalue weighted by Gasteiger charge is 1.95. The van der Waals surface area contributed by atoms with E-state index in [9.17, 15) is 0 Å². The minimum atomic E-state index is 0.567. The lowest BCUT2D eigenvalue weighted by Gasteiger charge is -2.03. The zero-order valence-electron chi connectivity index (χ0n) is 6.99. The van der Waals surface area contributed by atoms with E-state index in [2.05, 4.69) is 24.9 Å². The summed E-state index contributed by atoms with van der Waals surface area (Å²) in [6.45, 7) is 2.92. The lowest BCUT2D eigenvalue weighted by Crippen LogP contribution is -2.10. The van der Waals surface area contributed by atoms with E-state index in [-0.39, 0.29) is 0 Å². The first-order valence-corrected chi connectivity index (χ1v) is 6.46. The second kappa shape index (κ2) is 8.37. The van der Waals surface area contributed by atoms with Gasteiger partial charge in [0, 0.05) is 5.75 Å². The van der Waals surface area contributed by atoms with Gasteiger partial charge in [-0.15, -0.1) is 10.4 Å². The molecule has 3 heteroatoms. The van der Waals surface area contributed by atoms with Crippen LogP contribution < -0.4 is 5.73 Å². The third-order valence-corrected chi connectivity index (χ3v) is 3.02. The van der Waals surface area contributed by atoms with Gasteiger partial charge in [-0.05, 0) is 18.9 Å². The maximum Gasteiger partial charge on any atom is 0.0210 e. The van der Waals surface area contributed by atoms with Crippen LogP contribution in [0.3, 0.4) is 0 Å². The standard InChI is InChI=1S/C8H17NS2/c1-3-8(7-9)5-4-6-11-10-2/h4-5,8,10H,2-3,6-7,9H2,1H3/b5-4+/t8-/m1/s1. The van der Waals surface area contributed by atoms with E-state index < -0.39 is 0 Å². The van der Waals surface area contributed by atoms with Gasteiger partial charge in [0.2, 0.25) is 0 Å². The van der Waals surface area contributed by atoms with Crippen LogP contribution in [0.1, 0.15) is 13.3 Å². The summed E-state index contributed by atoms with van der Waals surface area (Å²) in [6, 6.07) is 0. The van der Waals surface area contributed by atoms with Crippen molar-refractivity contribution in [2.45, 2.75) is 13.3 Å². The second-order valence-electron chi connectivity index (χ2n) is 2.26. The normalized spacial score (nSPS) is 14.0. The topological polar surface area (TPSA) is 26.0 Å². The van der Waals surface area contributed by atoms with Crippen molar-refractivity contribution >= 4 is 27.0 Å². The summed E-state index contributed by atoms with van der Waals surface area (Å²) >= 11 is 0. The van der Waals surface area contributed by atoms with Gasteiger partial charge in [-0.1, -0.05) is 35.7 Å². The zero-order valence-corrected chi connectivity index (χ0v) is 8.70. The first kappa shape index (κ1) is 11.3. The Morgan fingerprint density at radius 1 is 1.73 bits per heavy atom. The van der Waals surface area contributed by atoms with Crippen LogP contribution in [0.4, 0.5) is 0 Å². The molecule has 0 aromatic rings. The van der Waals surface area contributed by atoms with E-state index in [1.807, 2.05) is 0 Å². The summed E-state index contributed by atoms with van der Waals surface area (Å²) < 4.78 is 0. The molecule has 0 rings (SSSR count). The Kier molecular flexibility index (Phi) is 8.57. The monoisotopic (exact) mass is 191 g/mol. The fraction of sp³-hybridized carbons (Fsp3) is 0.625. The van der Waals surface area contributed by atoms with Crippen molar-refractivity contribution in [1.29, 1.82) is 0 Å². The van der Waals surface area contributed by atoms with Crippen molar-refractivity contribution in [2.75, 3.05) is 12.3 Å². The first-order chi connectivity index (χ1) is 5.35. The molecule has 0 bridgehead atoms. The van der Waals surface area contributed by atoms with Crippen LogP contribution in [0.15, 0.2) is 12.2 Å². The summed E-state index contributed by atoms with van der Waals surface area (Å²) in [7, 11) is 2.95. The Hall–Kier alpha value is 0.270. The molecule has 0 saturated heterocycles. The highest BCUT2D eigenvalue weighted by Crippen LogP contribution is 2.10. The van der Waals surface area contributed by atoms with Crippen LogP contribution in [0.2, 0.25) is 0 Å². The molecule has 0 spiro atoms. The Balaban J connectivity index is 3.44. The maximum atomic E-state index is 5.53.